The van der Waals surface area contributed by atoms with Crippen LogP contribution in [0.15, 0.2) is 28.6 Å². The minimum atomic E-state index is -4.41. The summed E-state index contributed by atoms with van der Waals surface area (Å²) in [6.07, 6.45) is -4.05. The smallest absolute Gasteiger partial charge is 0.434 e. The number of nitrogens with zero attached hydrogens (tertiary/aromatic N) is 2. The Hall–Kier alpha value is -2.49. The second-order valence-corrected chi connectivity index (χ2v) is 6.24. The zero-order chi connectivity index (χ0) is 19.9. The van der Waals surface area contributed by atoms with E-state index in [9.17, 15) is 13.2 Å². The number of benzene rings is 1. The van der Waals surface area contributed by atoms with E-state index in [0.717, 1.165) is 22.4 Å². The first kappa shape index (κ1) is 20.8. The summed E-state index contributed by atoms with van der Waals surface area (Å²) in [6.45, 7) is 2.77. The molecule has 0 saturated carbocycles. The predicted octanol–water partition coefficient (Wildman–Crippen LogP) is 3.80. The summed E-state index contributed by atoms with van der Waals surface area (Å²) < 4.78 is 48.5. The van der Waals surface area contributed by atoms with Crippen molar-refractivity contribution in [3.05, 3.63) is 34.3 Å². The van der Waals surface area contributed by atoms with Crippen molar-refractivity contribution in [2.75, 3.05) is 32.6 Å². The Bertz CT molecular complexity index is 778. The first-order valence-electron chi connectivity index (χ1n) is 8.17. The van der Waals surface area contributed by atoms with Gasteiger partial charge in [-0.3, -0.25) is 4.99 Å². The van der Waals surface area contributed by atoms with Crippen LogP contribution in [0.25, 0.3) is 0 Å². The van der Waals surface area contributed by atoms with Crippen molar-refractivity contribution in [3.63, 3.8) is 0 Å². The number of aromatic nitrogens is 1. The molecule has 0 aliphatic rings. The van der Waals surface area contributed by atoms with Gasteiger partial charge in [0.1, 0.15) is 0 Å². The quantitative estimate of drug-likeness (QED) is 0.545. The Labute approximate surface area is 159 Å². The van der Waals surface area contributed by atoms with Crippen LogP contribution in [0.1, 0.15) is 17.6 Å². The van der Waals surface area contributed by atoms with E-state index in [1.165, 1.54) is 0 Å². The van der Waals surface area contributed by atoms with Gasteiger partial charge in [0.25, 0.3) is 0 Å². The van der Waals surface area contributed by atoms with Crippen molar-refractivity contribution < 1.29 is 22.6 Å². The highest BCUT2D eigenvalue weighted by molar-refractivity contribution is 7.09. The van der Waals surface area contributed by atoms with Crippen LogP contribution in [0, 0.1) is 0 Å². The molecule has 2 N–H and O–H groups in total. The molecular formula is C17H21F3N4O2S. The standard InChI is InChI=1S/C17H21F3N4O2S/c1-4-26-13-9-11(5-6-12(13)25-3)23-16(21-2)22-8-7-15-24-14(10-27-15)17(18,19)20/h5-6,9-10H,4,7-8H2,1-3H3,(H2,21,22,23). The average Bonchev–Trinajstić information content (AvgIpc) is 3.11. The molecule has 1 heterocycles. The summed E-state index contributed by atoms with van der Waals surface area (Å²) in [7, 11) is 3.17. The lowest BCUT2D eigenvalue weighted by atomic mass is 10.2. The number of ether oxygens (including phenoxy) is 2. The van der Waals surface area contributed by atoms with Gasteiger partial charge in [0.05, 0.1) is 18.7 Å². The highest BCUT2D eigenvalue weighted by Crippen LogP contribution is 2.31. The maximum absolute atomic E-state index is 12.6. The molecule has 1 aromatic carbocycles. The molecule has 0 atom stereocenters. The van der Waals surface area contributed by atoms with Crippen LogP contribution >= 0.6 is 11.3 Å². The van der Waals surface area contributed by atoms with Gasteiger partial charge in [0.15, 0.2) is 23.2 Å². The number of rotatable bonds is 7. The van der Waals surface area contributed by atoms with Crippen LogP contribution in [0.4, 0.5) is 18.9 Å². The number of thiazole rings is 1. The van der Waals surface area contributed by atoms with Crippen molar-refractivity contribution in [2.45, 2.75) is 19.5 Å². The Kier molecular flexibility index (Phi) is 7.28. The van der Waals surface area contributed by atoms with Gasteiger partial charge in [-0.05, 0) is 19.1 Å². The van der Waals surface area contributed by atoms with Crippen LogP contribution in [-0.4, -0.2) is 38.3 Å². The van der Waals surface area contributed by atoms with Gasteiger partial charge in [0, 0.05) is 37.1 Å². The summed E-state index contributed by atoms with van der Waals surface area (Å²) in [5, 5.41) is 7.58. The van der Waals surface area contributed by atoms with Crippen LogP contribution in [0.3, 0.4) is 0 Å². The monoisotopic (exact) mass is 402 g/mol. The Morgan fingerprint density at radius 2 is 2.07 bits per heavy atom. The van der Waals surface area contributed by atoms with Gasteiger partial charge in [-0.1, -0.05) is 0 Å². The van der Waals surface area contributed by atoms with Crippen LogP contribution < -0.4 is 20.1 Å². The zero-order valence-corrected chi connectivity index (χ0v) is 16.0. The fourth-order valence-electron chi connectivity index (χ4n) is 2.18. The lowest BCUT2D eigenvalue weighted by molar-refractivity contribution is -0.140. The minimum absolute atomic E-state index is 0.355. The SMILES string of the molecule is CCOc1cc(NC(=NC)NCCc2nc(C(F)(F)F)cs2)ccc1OC. The molecule has 0 unspecified atom stereocenters. The largest absolute Gasteiger partial charge is 0.493 e. The number of anilines is 1. The predicted molar refractivity (Wildman–Crippen MR) is 100.0 cm³/mol. The number of hydrogen-bond donors (Lipinski definition) is 2. The van der Waals surface area contributed by atoms with E-state index in [0.29, 0.717) is 42.0 Å². The average molecular weight is 402 g/mol. The fraction of sp³-hybridized carbons (Fsp3) is 0.412. The highest BCUT2D eigenvalue weighted by Gasteiger charge is 2.33. The summed E-state index contributed by atoms with van der Waals surface area (Å²) in [6, 6.07) is 5.37. The number of methoxy groups -OCH3 is 1. The van der Waals surface area contributed by atoms with Crippen molar-refractivity contribution in [2.24, 2.45) is 4.99 Å². The number of nitrogens with one attached hydrogen (secondary N) is 2. The summed E-state index contributed by atoms with van der Waals surface area (Å²) in [5.41, 5.74) is -0.118. The van der Waals surface area contributed by atoms with Crippen LogP contribution in [0.5, 0.6) is 11.5 Å². The van der Waals surface area contributed by atoms with Gasteiger partial charge >= 0.3 is 6.18 Å². The number of guanidine groups is 1. The molecule has 0 amide bonds. The van der Waals surface area contributed by atoms with Crippen molar-refractivity contribution in [1.29, 1.82) is 0 Å². The molecule has 148 valence electrons. The number of alkyl halides is 3. The first-order valence-corrected chi connectivity index (χ1v) is 9.05. The van der Waals surface area contributed by atoms with Crippen LogP contribution in [-0.2, 0) is 12.6 Å². The lowest BCUT2D eigenvalue weighted by Gasteiger charge is -2.14. The molecule has 2 rings (SSSR count). The minimum Gasteiger partial charge on any atom is -0.493 e. The van der Waals surface area contributed by atoms with Crippen molar-refractivity contribution >= 4 is 23.0 Å². The van der Waals surface area contributed by atoms with E-state index in [1.807, 2.05) is 13.0 Å². The van der Waals surface area contributed by atoms with Crippen LogP contribution in [0.2, 0.25) is 0 Å². The third-order valence-corrected chi connectivity index (χ3v) is 4.33. The molecule has 27 heavy (non-hydrogen) atoms. The van der Waals surface area contributed by atoms with E-state index in [1.54, 1.807) is 26.3 Å². The second-order valence-electron chi connectivity index (χ2n) is 5.30. The lowest BCUT2D eigenvalue weighted by Crippen LogP contribution is -2.32. The molecular weight excluding hydrogens is 381 g/mol. The molecule has 0 spiro atoms. The summed E-state index contributed by atoms with van der Waals surface area (Å²) >= 11 is 0.989. The molecule has 2 aromatic rings. The van der Waals surface area contributed by atoms with E-state index in [-0.39, 0.29) is 0 Å². The Morgan fingerprint density at radius 1 is 1.30 bits per heavy atom. The molecule has 0 fully saturated rings. The van der Waals surface area contributed by atoms with Gasteiger partial charge in [0.2, 0.25) is 0 Å². The molecule has 0 saturated heterocycles. The fourth-order valence-corrected chi connectivity index (χ4v) is 2.99. The van der Waals surface area contributed by atoms with E-state index < -0.39 is 11.9 Å². The van der Waals surface area contributed by atoms with E-state index in [2.05, 4.69) is 20.6 Å². The van der Waals surface area contributed by atoms with Crippen molar-refractivity contribution in [1.82, 2.24) is 10.3 Å². The Balaban J connectivity index is 1.92. The summed E-state index contributed by atoms with van der Waals surface area (Å²) in [5.74, 6) is 1.70. The zero-order valence-electron chi connectivity index (χ0n) is 15.2. The van der Waals surface area contributed by atoms with Gasteiger partial charge in [-0.15, -0.1) is 11.3 Å². The van der Waals surface area contributed by atoms with E-state index in [4.69, 9.17) is 9.47 Å². The Morgan fingerprint density at radius 3 is 2.67 bits per heavy atom. The topological polar surface area (TPSA) is 67.8 Å². The summed E-state index contributed by atoms with van der Waals surface area (Å²) in [4.78, 5) is 7.70. The maximum atomic E-state index is 12.6. The molecule has 1 aromatic heterocycles. The first-order chi connectivity index (χ1) is 12.9. The van der Waals surface area contributed by atoms with Gasteiger partial charge < -0.3 is 20.1 Å². The molecule has 10 heteroatoms. The number of aliphatic imine (C=N–C) groups is 1. The highest BCUT2D eigenvalue weighted by atomic mass is 32.1. The number of hydrogen-bond acceptors (Lipinski definition) is 5. The second kappa shape index (κ2) is 9.45. The third-order valence-electron chi connectivity index (χ3n) is 3.42. The third kappa shape index (κ3) is 6.02. The molecule has 0 aliphatic carbocycles. The van der Waals surface area contributed by atoms with Crippen molar-refractivity contribution in [3.8, 4) is 11.5 Å². The molecule has 0 aliphatic heterocycles. The molecule has 0 radical (unpaired) electrons. The van der Waals surface area contributed by atoms with Gasteiger partial charge in [-0.25, -0.2) is 4.98 Å². The molecule has 6 nitrogen and oxygen atoms in total. The number of halogens is 3. The normalized spacial score (nSPS) is 12.0. The maximum Gasteiger partial charge on any atom is 0.434 e. The van der Waals surface area contributed by atoms with Gasteiger partial charge in [-0.2, -0.15) is 13.2 Å². The van der Waals surface area contributed by atoms with E-state index >= 15 is 0 Å². The molecule has 0 bridgehead atoms.